The molecule has 0 spiro atoms. The summed E-state index contributed by atoms with van der Waals surface area (Å²) in [5.74, 6) is -1.56. The summed E-state index contributed by atoms with van der Waals surface area (Å²) in [4.78, 5) is 26.2. The number of nitrogens with zero attached hydrogens (tertiary/aromatic N) is 2. The molecule has 4 rings (SSSR count). The van der Waals surface area contributed by atoms with Crippen molar-refractivity contribution in [3.8, 4) is 0 Å². The minimum absolute atomic E-state index is 0.0243. The molecule has 8 nitrogen and oxygen atoms in total. The second kappa shape index (κ2) is 10.3. The lowest BCUT2D eigenvalue weighted by atomic mass is 9.95. The SMILES string of the molecule is CCOC(=O)C1=CC[C@@H](c2cc3ccccc3n2C)N(S(=O)(=O)c2ccc(C)cc2)[C@H]1C(=O)OCC. The van der Waals surface area contributed by atoms with Crippen LogP contribution in [0.3, 0.4) is 0 Å². The Morgan fingerprint density at radius 3 is 2.31 bits per heavy atom. The van der Waals surface area contributed by atoms with E-state index in [-0.39, 0.29) is 30.1 Å². The van der Waals surface area contributed by atoms with Crippen LogP contribution in [0.5, 0.6) is 0 Å². The third kappa shape index (κ3) is 4.56. The van der Waals surface area contributed by atoms with Crippen molar-refractivity contribution >= 4 is 32.9 Å². The Balaban J connectivity index is 1.96. The number of rotatable bonds is 7. The smallest absolute Gasteiger partial charge is 0.335 e. The van der Waals surface area contributed by atoms with E-state index in [1.165, 1.54) is 12.1 Å². The molecule has 0 radical (unpaired) electrons. The number of esters is 2. The Bertz CT molecular complexity index is 1420. The number of fused-ring (bicyclic) bond motifs is 1. The van der Waals surface area contributed by atoms with Gasteiger partial charge in [-0.3, -0.25) is 0 Å². The number of carbonyl (C=O) groups excluding carboxylic acids is 2. The molecule has 0 fully saturated rings. The normalized spacial score (nSPS) is 18.6. The molecule has 0 aliphatic carbocycles. The molecule has 190 valence electrons. The molecule has 0 bridgehead atoms. The fourth-order valence-corrected chi connectivity index (χ4v) is 6.38. The molecule has 2 atom stereocenters. The Hall–Kier alpha value is -3.43. The van der Waals surface area contributed by atoms with E-state index in [4.69, 9.17) is 9.47 Å². The zero-order valence-corrected chi connectivity index (χ0v) is 21.6. The van der Waals surface area contributed by atoms with Crippen molar-refractivity contribution < 1.29 is 27.5 Å². The largest absolute Gasteiger partial charge is 0.465 e. The Kier molecular flexibility index (Phi) is 7.33. The fraction of sp³-hybridized carbons (Fsp3) is 0.333. The number of hydrogen-bond acceptors (Lipinski definition) is 6. The molecule has 1 aromatic heterocycles. The van der Waals surface area contributed by atoms with Crippen molar-refractivity contribution in [2.75, 3.05) is 13.2 Å². The fourth-order valence-electron chi connectivity index (χ4n) is 4.65. The van der Waals surface area contributed by atoms with Gasteiger partial charge in [-0.2, -0.15) is 4.31 Å². The van der Waals surface area contributed by atoms with Crippen LogP contribution in [-0.4, -0.2) is 48.5 Å². The third-order valence-corrected chi connectivity index (χ3v) is 8.25. The van der Waals surface area contributed by atoms with Gasteiger partial charge in [0.15, 0.2) is 6.04 Å². The van der Waals surface area contributed by atoms with Crippen LogP contribution < -0.4 is 0 Å². The first kappa shape index (κ1) is 25.7. The highest BCUT2D eigenvalue weighted by molar-refractivity contribution is 7.89. The van der Waals surface area contributed by atoms with Gasteiger partial charge in [-0.25, -0.2) is 18.0 Å². The van der Waals surface area contributed by atoms with E-state index < -0.39 is 34.0 Å². The van der Waals surface area contributed by atoms with Crippen molar-refractivity contribution in [1.29, 1.82) is 0 Å². The van der Waals surface area contributed by atoms with Crippen LogP contribution in [0.2, 0.25) is 0 Å². The van der Waals surface area contributed by atoms with Gasteiger partial charge in [0.05, 0.1) is 29.7 Å². The number of benzene rings is 2. The summed E-state index contributed by atoms with van der Waals surface area (Å²) in [6, 6.07) is 13.8. The van der Waals surface area contributed by atoms with E-state index in [0.29, 0.717) is 5.69 Å². The highest BCUT2D eigenvalue weighted by Crippen LogP contribution is 2.41. The predicted octanol–water partition coefficient (Wildman–Crippen LogP) is 4.04. The van der Waals surface area contributed by atoms with Gasteiger partial charge in [-0.15, -0.1) is 0 Å². The number of para-hydroxylation sites is 1. The van der Waals surface area contributed by atoms with Crippen molar-refractivity contribution in [3.63, 3.8) is 0 Å². The van der Waals surface area contributed by atoms with Crippen molar-refractivity contribution in [1.82, 2.24) is 8.87 Å². The van der Waals surface area contributed by atoms with Crippen molar-refractivity contribution in [3.05, 3.63) is 77.5 Å². The van der Waals surface area contributed by atoms with Crippen LogP contribution in [0.4, 0.5) is 0 Å². The zero-order chi connectivity index (χ0) is 26.0. The molecule has 2 heterocycles. The van der Waals surface area contributed by atoms with Gasteiger partial charge in [-0.05, 0) is 56.8 Å². The maximum absolute atomic E-state index is 14.2. The molecular formula is C27H30N2O6S. The van der Waals surface area contributed by atoms with Gasteiger partial charge in [0.25, 0.3) is 0 Å². The lowest BCUT2D eigenvalue weighted by Crippen LogP contribution is -2.52. The highest BCUT2D eigenvalue weighted by atomic mass is 32.2. The van der Waals surface area contributed by atoms with Gasteiger partial charge >= 0.3 is 11.9 Å². The summed E-state index contributed by atoms with van der Waals surface area (Å²) in [5, 5.41) is 0.940. The lowest BCUT2D eigenvalue weighted by Gasteiger charge is -2.39. The van der Waals surface area contributed by atoms with Crippen molar-refractivity contribution in [2.45, 2.75) is 44.2 Å². The number of hydrogen-bond donors (Lipinski definition) is 0. The summed E-state index contributed by atoms with van der Waals surface area (Å²) in [7, 11) is -2.39. The summed E-state index contributed by atoms with van der Waals surface area (Å²) in [6.45, 7) is 5.26. The number of sulfonamides is 1. The zero-order valence-electron chi connectivity index (χ0n) is 20.8. The maximum Gasteiger partial charge on any atom is 0.335 e. The van der Waals surface area contributed by atoms with Crippen LogP contribution in [0.1, 0.15) is 37.6 Å². The molecule has 0 saturated heterocycles. The predicted molar refractivity (Wildman–Crippen MR) is 136 cm³/mol. The lowest BCUT2D eigenvalue weighted by molar-refractivity contribution is -0.150. The Labute approximate surface area is 211 Å². The molecule has 0 amide bonds. The number of aromatic nitrogens is 1. The first-order valence-corrected chi connectivity index (χ1v) is 13.3. The second-order valence-electron chi connectivity index (χ2n) is 8.62. The van der Waals surface area contributed by atoms with Crippen LogP contribution in [0.25, 0.3) is 10.9 Å². The maximum atomic E-state index is 14.2. The molecule has 36 heavy (non-hydrogen) atoms. The first-order chi connectivity index (χ1) is 17.2. The van der Waals surface area contributed by atoms with Gasteiger partial charge < -0.3 is 14.0 Å². The highest BCUT2D eigenvalue weighted by Gasteiger charge is 2.49. The third-order valence-electron chi connectivity index (χ3n) is 6.36. The average molecular weight is 511 g/mol. The first-order valence-electron chi connectivity index (χ1n) is 11.9. The summed E-state index contributed by atoms with van der Waals surface area (Å²) in [6.07, 6.45) is 1.78. The molecule has 2 aromatic carbocycles. The summed E-state index contributed by atoms with van der Waals surface area (Å²) >= 11 is 0. The van der Waals surface area contributed by atoms with Gasteiger partial charge in [0.1, 0.15) is 0 Å². The van der Waals surface area contributed by atoms with E-state index in [2.05, 4.69) is 0 Å². The molecule has 9 heteroatoms. The summed E-state index contributed by atoms with van der Waals surface area (Å²) in [5.41, 5.74) is 2.47. The van der Waals surface area contributed by atoms with E-state index >= 15 is 0 Å². The van der Waals surface area contributed by atoms with Gasteiger partial charge in [-0.1, -0.05) is 42.0 Å². The van der Waals surface area contributed by atoms with Gasteiger partial charge in [0, 0.05) is 18.3 Å². The second-order valence-corrected chi connectivity index (χ2v) is 10.5. The molecular weight excluding hydrogens is 480 g/mol. The number of ether oxygens (including phenoxy) is 2. The topological polar surface area (TPSA) is 94.9 Å². The van der Waals surface area contributed by atoms with E-state index in [1.807, 2.05) is 48.9 Å². The van der Waals surface area contributed by atoms with Crippen molar-refractivity contribution in [2.24, 2.45) is 7.05 Å². The quantitative estimate of drug-likeness (QED) is 0.445. The van der Waals surface area contributed by atoms with E-state index in [1.54, 1.807) is 32.1 Å². The molecule has 1 aliphatic heterocycles. The molecule has 0 unspecified atom stereocenters. The molecule has 1 aliphatic rings. The van der Waals surface area contributed by atoms with Gasteiger partial charge in [0.2, 0.25) is 10.0 Å². The Morgan fingerprint density at radius 1 is 1.00 bits per heavy atom. The minimum atomic E-state index is -4.25. The molecule has 0 N–H and O–H groups in total. The summed E-state index contributed by atoms with van der Waals surface area (Å²) < 4.78 is 41.9. The number of aryl methyl sites for hydroxylation is 2. The average Bonchev–Trinajstić information content (AvgIpc) is 3.20. The molecule has 0 saturated carbocycles. The van der Waals surface area contributed by atoms with Crippen LogP contribution in [0, 0.1) is 6.92 Å². The molecule has 3 aromatic rings. The van der Waals surface area contributed by atoms with E-state index in [0.717, 1.165) is 20.8 Å². The van der Waals surface area contributed by atoms with E-state index in [9.17, 15) is 18.0 Å². The van der Waals surface area contributed by atoms with Crippen LogP contribution in [-0.2, 0) is 36.1 Å². The van der Waals surface area contributed by atoms with Crippen LogP contribution in [0.15, 0.2) is 71.1 Å². The van der Waals surface area contributed by atoms with Crippen LogP contribution >= 0.6 is 0 Å². The standard InChI is InChI=1S/C27H30N2O6S/c1-5-34-26(30)21-15-16-23(24-17-19-9-7-8-10-22(19)28(24)4)29(25(21)27(31)35-6-2)36(32,33)20-13-11-18(3)12-14-20/h7-15,17,23,25H,5-6,16H2,1-4H3/t23-,25+/m0/s1. The Morgan fingerprint density at radius 2 is 1.67 bits per heavy atom. The minimum Gasteiger partial charge on any atom is -0.465 e. The monoisotopic (exact) mass is 510 g/mol. The number of carbonyl (C=O) groups is 2.